The predicted octanol–water partition coefficient (Wildman–Crippen LogP) is 12.5. The molecule has 6 aliphatic heterocycles. The van der Waals surface area contributed by atoms with Crippen molar-refractivity contribution < 1.29 is 162 Å². The predicted molar refractivity (Wildman–Crippen MR) is 508 cm³/mol. The molecule has 0 aromatic heterocycles. The number of aliphatic hydroxyl groups is 11. The van der Waals surface area contributed by atoms with Crippen LogP contribution in [0.3, 0.4) is 0 Å². The Balaban J connectivity index is 0.000000374. The van der Waals surface area contributed by atoms with Crippen LogP contribution in [0.5, 0.6) is 23.0 Å². The van der Waals surface area contributed by atoms with Crippen LogP contribution in [0.4, 0.5) is 0 Å². The first-order valence-electron chi connectivity index (χ1n) is 46.4. The van der Waals surface area contributed by atoms with Gasteiger partial charge >= 0.3 is 29.8 Å². The number of carbonyl (C=O) groups excluding carboxylic acids is 5. The first kappa shape index (κ1) is 117. The van der Waals surface area contributed by atoms with E-state index in [9.17, 15) is 101 Å². The number of esters is 5. The van der Waals surface area contributed by atoms with Crippen LogP contribution in [0.1, 0.15) is 223 Å². The van der Waals surface area contributed by atoms with E-state index in [0.29, 0.717) is 40.7 Å². The van der Waals surface area contributed by atoms with Gasteiger partial charge in [-0.2, -0.15) is 0 Å². The fraction of sp³-hybridized carbons (Fsp3) is 0.630. The van der Waals surface area contributed by atoms with Crippen molar-refractivity contribution in [2.45, 2.75) is 362 Å². The van der Waals surface area contributed by atoms with Crippen LogP contribution < -0.4 is 0 Å². The molecule has 0 spiro atoms. The third-order valence-corrected chi connectivity index (χ3v) is 27.0. The maximum Gasteiger partial charge on any atom is 0.342 e. The molecule has 4 fully saturated rings. The summed E-state index contributed by atoms with van der Waals surface area (Å²) in [5, 5.41) is 162. The molecule has 8 rings (SSSR count). The third kappa shape index (κ3) is 29.5. The Hall–Kier alpha value is -7.21. The maximum absolute atomic E-state index is 13.9. The molecule has 37 heteroatoms. The van der Waals surface area contributed by atoms with Crippen LogP contribution in [-0.2, 0) is 88.8 Å². The van der Waals surface area contributed by atoms with Gasteiger partial charge in [0.2, 0.25) is 0 Å². The summed E-state index contributed by atoms with van der Waals surface area (Å²) in [6.45, 7) is 36.3. The quantitative estimate of drug-likeness (QED) is 0.0296. The number of ether oxygens (including phenoxy) is 13. The second-order valence-corrected chi connectivity index (χ2v) is 39.0. The number of cyclic esters (lactones) is 2. The smallest absolute Gasteiger partial charge is 0.342 e. The minimum atomic E-state index is -1.60. The molecule has 0 radical (unpaired) electrons. The van der Waals surface area contributed by atoms with E-state index in [1.165, 1.54) is 39.8 Å². The summed E-state index contributed by atoms with van der Waals surface area (Å²) >= 11 is 24.5. The molecule has 4 saturated heterocycles. The number of aromatic hydroxyl groups is 4. The molecule has 137 heavy (non-hydrogen) atoms. The van der Waals surface area contributed by atoms with Crippen LogP contribution in [0, 0.1) is 29.6 Å². The van der Waals surface area contributed by atoms with Gasteiger partial charge in [-0.05, 0) is 181 Å². The zero-order valence-corrected chi connectivity index (χ0v) is 84.8. The molecule has 768 valence electrons. The molecule has 28 atom stereocenters. The van der Waals surface area contributed by atoms with E-state index < -0.39 is 239 Å². The Morgan fingerprint density at radius 3 is 1.19 bits per heavy atom. The molecule has 0 saturated carbocycles. The normalized spacial score (nSPS) is 36.0. The number of phenols is 4. The minimum absolute atomic E-state index is 0.0113. The molecule has 6 unspecified atom stereocenters. The molecule has 0 aliphatic carbocycles. The number of allylic oxidation sites excluding steroid dienone is 8. The molecule has 0 amide bonds. The summed E-state index contributed by atoms with van der Waals surface area (Å²) in [6, 6.07) is 0. The average Bonchev–Trinajstić information content (AvgIpc) is 0.792. The van der Waals surface area contributed by atoms with Crippen molar-refractivity contribution in [1.29, 1.82) is 0 Å². The van der Waals surface area contributed by atoms with Gasteiger partial charge in [0, 0.05) is 36.5 Å². The van der Waals surface area contributed by atoms with Gasteiger partial charge in [-0.1, -0.05) is 174 Å². The van der Waals surface area contributed by atoms with E-state index in [2.05, 4.69) is 0 Å². The second-order valence-electron chi connectivity index (χ2n) is 37.5. The standard InChI is InChI=1S/C52H74Cl2O17.C48H68Cl2O16/c1-13-31-22-26(6)34(56)18-16-15-17-32(23-65-50-28(8)39(57)45(30(10)66-50)68-49(64)36-33(14-2)37(53)41(59)38(54)40(36)58)48(63)67-35(29(9)55)20-19-25(5)21-27(7)44(31)69-51-43(61)42(60)46(52(11,12)71-51)70-47(62)24(3)4;1-11-28-20-23(4)31(52)16-14-13-15-29(21-61-46-25(6)36(53)42(27(8)62-46)64-45(60)33-30(12-2)34(49)38(55)35(50)37(33)54)44(59)63-32(26(7)51)18-17-22(3)19-24(5)41(28)65-47-40(57)39(56)43(58)48(9,10)66-47/h15-17,19,21-22,24,28-31,34-35,39,42-46,50-51,55-61H,13-14,18,20,23H2,1-12H3;13-15,17,19-20,25-28,31-32,36,39-43,46-47,51-58H,11-12,16,18,21H2,1-10H3/b16-15+,25-19+,26-22+,27-21+,32-17+;14-13+,22-17+,23-20+,24-19+,29-15+/t28-,29-,30+,31+,34+,35?,39+,42-,43+,44?,45+,46?,50+,51-;25-,26-,27+,28+,31+,32?,36+,39-,40+,41?,42+,43?,46+,47-/m11/s1. The molecule has 15 N–H and O–H groups in total. The Bertz CT molecular complexity index is 4810. The number of benzene rings is 2. The van der Waals surface area contributed by atoms with E-state index >= 15 is 0 Å². The number of hydrogen-bond acceptors (Lipinski definition) is 33. The van der Waals surface area contributed by atoms with E-state index in [1.807, 2.05) is 65.8 Å². The lowest BCUT2D eigenvalue weighted by Gasteiger charge is -2.47. The summed E-state index contributed by atoms with van der Waals surface area (Å²) in [7, 11) is 0. The van der Waals surface area contributed by atoms with Gasteiger partial charge in [0.1, 0.15) is 81.7 Å². The van der Waals surface area contributed by atoms with Crippen LogP contribution in [-0.4, -0.2) is 278 Å². The van der Waals surface area contributed by atoms with Crippen molar-refractivity contribution in [1.82, 2.24) is 0 Å². The summed E-state index contributed by atoms with van der Waals surface area (Å²) < 4.78 is 78.1. The highest BCUT2D eigenvalue weighted by Gasteiger charge is 2.55. The van der Waals surface area contributed by atoms with Crippen LogP contribution in [0.25, 0.3) is 0 Å². The maximum atomic E-state index is 13.9. The van der Waals surface area contributed by atoms with Gasteiger partial charge in [-0.15, -0.1) is 0 Å². The van der Waals surface area contributed by atoms with Gasteiger partial charge in [-0.3, -0.25) is 4.79 Å². The van der Waals surface area contributed by atoms with Crippen LogP contribution in [0.2, 0.25) is 20.1 Å². The summed E-state index contributed by atoms with van der Waals surface area (Å²) in [5.41, 5.74) is 1.02. The van der Waals surface area contributed by atoms with E-state index in [1.54, 1.807) is 120 Å². The lowest BCUT2D eigenvalue weighted by molar-refractivity contribution is -0.333. The highest BCUT2D eigenvalue weighted by Crippen LogP contribution is 2.48. The third-order valence-electron chi connectivity index (χ3n) is 25.5. The fourth-order valence-electron chi connectivity index (χ4n) is 16.7. The molecular weight excluding hydrogens is 1870 g/mol. The number of halogens is 4. The Morgan fingerprint density at radius 1 is 0.474 bits per heavy atom. The Kier molecular flexibility index (Phi) is 44.0. The highest BCUT2D eigenvalue weighted by atomic mass is 35.5. The van der Waals surface area contributed by atoms with Crippen molar-refractivity contribution in [2.24, 2.45) is 29.6 Å². The molecular formula is C100H142Cl4O33. The summed E-state index contributed by atoms with van der Waals surface area (Å²) in [6.07, 6.45) is -6.44. The lowest BCUT2D eigenvalue weighted by atomic mass is 9.88. The average molecular weight is 2010 g/mol. The number of carbonyl (C=O) groups is 5. The van der Waals surface area contributed by atoms with Gasteiger partial charge in [0.25, 0.3) is 0 Å². The topological polar surface area (TPSA) is 509 Å². The highest BCUT2D eigenvalue weighted by molar-refractivity contribution is 6.40. The summed E-state index contributed by atoms with van der Waals surface area (Å²) in [5.74, 6) is -9.85. The largest absolute Gasteiger partial charge is 0.505 e. The van der Waals surface area contributed by atoms with Gasteiger partial charge in [0.15, 0.2) is 66.5 Å². The first-order valence-corrected chi connectivity index (χ1v) is 47.9. The van der Waals surface area contributed by atoms with Gasteiger partial charge in [0.05, 0.1) is 94.8 Å². The van der Waals surface area contributed by atoms with Crippen molar-refractivity contribution in [2.75, 3.05) is 13.2 Å². The van der Waals surface area contributed by atoms with Crippen molar-refractivity contribution >= 4 is 76.3 Å². The van der Waals surface area contributed by atoms with Crippen molar-refractivity contribution in [3.8, 4) is 23.0 Å². The first-order chi connectivity index (χ1) is 64.0. The molecule has 6 heterocycles. The zero-order chi connectivity index (χ0) is 103. The Labute approximate surface area is 821 Å². The SMILES string of the molecule is CCc1c(Cl)c(O)c(Cl)c(O)c1C(=O)O[C@@H]1[C@@H](O)[C@@H](C)[C@@H](OC/C2=C\C=C\C[C@H](O)/C(C)=C/[C@H](CC)C(O[C@@H]3OC(C)(C)C(O)[C@H](O)[C@@H]3O)/C(C)=C/C(C)=C/CC([C@@H](C)O)OC2=O)O[C@H]1C.CCc1c(Cl)c(O)c(Cl)c(O)c1C(=O)O[C@@H]1[C@@H](O)[C@@H](C)[C@@H](OC/C2=C\C=C\C[C@H](O)/C(C)=C/[C@H](CC)C(O[C@@H]3OC(C)(C)C(OC(=O)C(C)C)[C@H](O)[C@@H]3O)/C(C)=C/C(C)=C/CC([C@@H](C)O)OC2=O)O[C@H]1C. The minimum Gasteiger partial charge on any atom is -0.505 e. The van der Waals surface area contributed by atoms with Crippen LogP contribution in [0.15, 0.2) is 117 Å². The molecule has 2 aromatic carbocycles. The van der Waals surface area contributed by atoms with Crippen molar-refractivity contribution in [3.63, 3.8) is 0 Å². The van der Waals surface area contributed by atoms with Gasteiger partial charge < -0.3 is 138 Å². The molecule has 2 aromatic rings. The molecule has 33 nitrogen and oxygen atoms in total. The van der Waals surface area contributed by atoms with Crippen molar-refractivity contribution in [3.05, 3.63) is 160 Å². The lowest BCUT2D eigenvalue weighted by Crippen LogP contribution is -2.64. The van der Waals surface area contributed by atoms with E-state index in [-0.39, 0.29) is 107 Å². The van der Waals surface area contributed by atoms with E-state index in [0.717, 1.165) is 5.57 Å². The number of aliphatic hydroxyl groups excluding tert-OH is 11. The van der Waals surface area contributed by atoms with Gasteiger partial charge in [-0.25, -0.2) is 19.2 Å². The number of hydrogen-bond donors (Lipinski definition) is 15. The number of rotatable bonds is 22. The monoisotopic (exact) mass is 2010 g/mol. The zero-order valence-electron chi connectivity index (χ0n) is 81.8. The fourth-order valence-corrected chi connectivity index (χ4v) is 17.8. The summed E-state index contributed by atoms with van der Waals surface area (Å²) in [4.78, 5) is 67.2. The molecule has 6 aliphatic rings. The van der Waals surface area contributed by atoms with E-state index in [4.69, 9.17) is 108 Å². The number of phenolic OH excluding ortho intramolecular Hbond substituents is 4. The Morgan fingerprint density at radius 2 is 0.839 bits per heavy atom. The second kappa shape index (κ2) is 51.7. The van der Waals surface area contributed by atoms with Crippen LogP contribution >= 0.6 is 46.4 Å². The molecule has 0 bridgehead atoms.